The minimum Gasteiger partial charge on any atom is -0.310 e. The fourth-order valence-electron chi connectivity index (χ4n) is 2.48. The van der Waals surface area contributed by atoms with Gasteiger partial charge in [0.15, 0.2) is 0 Å². The maximum Gasteiger partial charge on any atom is 0.389 e. The molecule has 1 aliphatic carbocycles. The van der Waals surface area contributed by atoms with Gasteiger partial charge in [0.25, 0.3) is 0 Å². The SMILES string of the molecule is FC(F)(F)CCCN1CCCC(NC2CC2)C1. The Morgan fingerprint density at radius 1 is 1.12 bits per heavy atom. The number of alkyl halides is 3. The van der Waals surface area contributed by atoms with Gasteiger partial charge in [-0.1, -0.05) is 0 Å². The molecular formula is C12H21F3N2. The largest absolute Gasteiger partial charge is 0.389 e. The number of nitrogens with zero attached hydrogens (tertiary/aromatic N) is 1. The molecule has 1 saturated heterocycles. The minimum atomic E-state index is -4.00. The van der Waals surface area contributed by atoms with E-state index in [0.717, 1.165) is 19.5 Å². The molecule has 0 spiro atoms. The lowest BCUT2D eigenvalue weighted by Crippen LogP contribution is -2.46. The summed E-state index contributed by atoms with van der Waals surface area (Å²) in [5, 5.41) is 3.57. The monoisotopic (exact) mass is 250 g/mol. The van der Waals surface area contributed by atoms with Crippen molar-refractivity contribution in [2.75, 3.05) is 19.6 Å². The molecule has 2 nitrogen and oxygen atoms in total. The molecule has 0 aromatic heterocycles. The van der Waals surface area contributed by atoms with E-state index in [1.165, 1.54) is 19.3 Å². The number of hydrogen-bond donors (Lipinski definition) is 1. The lowest BCUT2D eigenvalue weighted by atomic mass is 10.1. The molecule has 1 unspecified atom stereocenters. The van der Waals surface area contributed by atoms with E-state index in [2.05, 4.69) is 10.2 Å². The Hall–Kier alpha value is -0.290. The predicted molar refractivity (Wildman–Crippen MR) is 60.9 cm³/mol. The van der Waals surface area contributed by atoms with E-state index < -0.39 is 12.6 Å². The highest BCUT2D eigenvalue weighted by Crippen LogP contribution is 2.23. The summed E-state index contributed by atoms with van der Waals surface area (Å²) in [6.45, 7) is 2.47. The molecule has 1 heterocycles. The van der Waals surface area contributed by atoms with Crippen LogP contribution in [-0.4, -0.2) is 42.8 Å². The van der Waals surface area contributed by atoms with Crippen LogP contribution in [0.15, 0.2) is 0 Å². The second kappa shape index (κ2) is 5.57. The molecule has 1 aliphatic heterocycles. The van der Waals surface area contributed by atoms with Crippen LogP contribution < -0.4 is 5.32 Å². The van der Waals surface area contributed by atoms with Gasteiger partial charge in [-0.25, -0.2) is 0 Å². The normalized spacial score (nSPS) is 27.4. The molecule has 2 aliphatic rings. The van der Waals surface area contributed by atoms with Gasteiger partial charge in [-0.05, 0) is 45.2 Å². The third kappa shape index (κ3) is 5.25. The average Bonchev–Trinajstić information content (AvgIpc) is 3.00. The van der Waals surface area contributed by atoms with Crippen LogP contribution in [0, 0.1) is 0 Å². The molecule has 0 amide bonds. The smallest absolute Gasteiger partial charge is 0.310 e. The Balaban J connectivity index is 1.62. The highest BCUT2D eigenvalue weighted by Gasteiger charge is 2.29. The van der Waals surface area contributed by atoms with Crippen molar-refractivity contribution < 1.29 is 13.2 Å². The molecule has 17 heavy (non-hydrogen) atoms. The number of rotatable bonds is 5. The highest BCUT2D eigenvalue weighted by atomic mass is 19.4. The van der Waals surface area contributed by atoms with Gasteiger partial charge in [0.05, 0.1) is 0 Å². The average molecular weight is 250 g/mol. The van der Waals surface area contributed by atoms with Crippen molar-refractivity contribution in [3.8, 4) is 0 Å². The lowest BCUT2D eigenvalue weighted by Gasteiger charge is -2.33. The van der Waals surface area contributed by atoms with Crippen LogP contribution in [0.25, 0.3) is 0 Å². The van der Waals surface area contributed by atoms with E-state index >= 15 is 0 Å². The van der Waals surface area contributed by atoms with Crippen molar-refractivity contribution >= 4 is 0 Å². The molecule has 1 saturated carbocycles. The number of hydrogen-bond acceptors (Lipinski definition) is 2. The summed E-state index contributed by atoms with van der Waals surface area (Å²) in [4.78, 5) is 2.18. The van der Waals surface area contributed by atoms with E-state index in [0.29, 0.717) is 18.6 Å². The maximum absolute atomic E-state index is 12.0. The second-order valence-corrected chi connectivity index (χ2v) is 5.30. The van der Waals surface area contributed by atoms with Crippen molar-refractivity contribution in [2.45, 2.75) is 56.8 Å². The molecule has 1 N–H and O–H groups in total. The van der Waals surface area contributed by atoms with Crippen LogP contribution in [0.5, 0.6) is 0 Å². The van der Waals surface area contributed by atoms with Gasteiger partial charge in [-0.15, -0.1) is 0 Å². The Labute approximate surface area is 101 Å². The summed E-state index contributed by atoms with van der Waals surface area (Å²) < 4.78 is 36.1. The molecule has 0 aromatic rings. The third-order valence-electron chi connectivity index (χ3n) is 3.49. The first-order valence-electron chi connectivity index (χ1n) is 6.58. The van der Waals surface area contributed by atoms with Crippen molar-refractivity contribution in [2.24, 2.45) is 0 Å². The fourth-order valence-corrected chi connectivity index (χ4v) is 2.48. The Morgan fingerprint density at radius 2 is 1.88 bits per heavy atom. The summed E-state index contributed by atoms with van der Waals surface area (Å²) in [7, 11) is 0. The van der Waals surface area contributed by atoms with Crippen LogP contribution in [-0.2, 0) is 0 Å². The van der Waals surface area contributed by atoms with Gasteiger partial charge >= 0.3 is 6.18 Å². The Morgan fingerprint density at radius 3 is 2.53 bits per heavy atom. The third-order valence-corrected chi connectivity index (χ3v) is 3.49. The first kappa shape index (κ1) is 13.1. The molecule has 2 fully saturated rings. The Bertz CT molecular complexity index is 238. The maximum atomic E-state index is 12.0. The molecule has 100 valence electrons. The van der Waals surface area contributed by atoms with E-state index in [1.807, 2.05) is 0 Å². The number of nitrogens with one attached hydrogen (secondary N) is 1. The molecular weight excluding hydrogens is 229 g/mol. The highest BCUT2D eigenvalue weighted by molar-refractivity contribution is 4.88. The van der Waals surface area contributed by atoms with Gasteiger partial charge < -0.3 is 10.2 Å². The molecule has 5 heteroatoms. The number of piperidine rings is 1. The van der Waals surface area contributed by atoms with Gasteiger partial charge in [-0.2, -0.15) is 13.2 Å². The second-order valence-electron chi connectivity index (χ2n) is 5.30. The topological polar surface area (TPSA) is 15.3 Å². The fraction of sp³-hybridized carbons (Fsp3) is 1.00. The zero-order valence-electron chi connectivity index (χ0n) is 10.1. The van der Waals surface area contributed by atoms with Gasteiger partial charge in [0.1, 0.15) is 0 Å². The first-order chi connectivity index (χ1) is 8.03. The zero-order chi connectivity index (χ0) is 12.3. The summed E-state index contributed by atoms with van der Waals surface area (Å²) in [6.07, 6.45) is 0.406. The quantitative estimate of drug-likeness (QED) is 0.806. The van der Waals surface area contributed by atoms with E-state index in [4.69, 9.17) is 0 Å². The Kier molecular flexibility index (Phi) is 4.31. The number of halogens is 3. The molecule has 0 radical (unpaired) electrons. The first-order valence-corrected chi connectivity index (χ1v) is 6.58. The van der Waals surface area contributed by atoms with Crippen molar-refractivity contribution in [3.05, 3.63) is 0 Å². The summed E-state index contributed by atoms with van der Waals surface area (Å²) in [5.74, 6) is 0. The van der Waals surface area contributed by atoms with Crippen molar-refractivity contribution in [1.82, 2.24) is 10.2 Å². The zero-order valence-corrected chi connectivity index (χ0v) is 10.1. The van der Waals surface area contributed by atoms with E-state index in [-0.39, 0.29) is 6.42 Å². The molecule has 0 aromatic carbocycles. The predicted octanol–water partition coefficient (Wildman–Crippen LogP) is 2.55. The van der Waals surface area contributed by atoms with Gasteiger partial charge in [0.2, 0.25) is 0 Å². The van der Waals surface area contributed by atoms with Crippen LogP contribution in [0.4, 0.5) is 13.2 Å². The summed E-state index contributed by atoms with van der Waals surface area (Å²) in [5.41, 5.74) is 0. The van der Waals surface area contributed by atoms with Crippen LogP contribution in [0.3, 0.4) is 0 Å². The summed E-state index contributed by atoms with van der Waals surface area (Å²) >= 11 is 0. The lowest BCUT2D eigenvalue weighted by molar-refractivity contribution is -0.136. The molecule has 0 bridgehead atoms. The van der Waals surface area contributed by atoms with Crippen molar-refractivity contribution in [1.29, 1.82) is 0 Å². The van der Waals surface area contributed by atoms with E-state index in [1.54, 1.807) is 0 Å². The van der Waals surface area contributed by atoms with Crippen LogP contribution in [0.2, 0.25) is 0 Å². The van der Waals surface area contributed by atoms with Gasteiger partial charge in [-0.3, -0.25) is 0 Å². The summed E-state index contributed by atoms with van der Waals surface area (Å²) in [6, 6.07) is 1.19. The van der Waals surface area contributed by atoms with Crippen LogP contribution in [0.1, 0.15) is 38.5 Å². The standard InChI is InChI=1S/C12H21F3N2/c13-12(14,15)6-2-8-17-7-1-3-11(9-17)16-10-4-5-10/h10-11,16H,1-9H2. The molecule has 1 atom stereocenters. The van der Waals surface area contributed by atoms with Crippen molar-refractivity contribution in [3.63, 3.8) is 0 Å². The van der Waals surface area contributed by atoms with Crippen LogP contribution >= 0.6 is 0 Å². The van der Waals surface area contributed by atoms with E-state index in [9.17, 15) is 13.2 Å². The minimum absolute atomic E-state index is 0.236. The molecule has 2 rings (SSSR count). The number of likely N-dealkylation sites (tertiary alicyclic amines) is 1. The van der Waals surface area contributed by atoms with Gasteiger partial charge in [0, 0.05) is 25.0 Å².